The molecule has 0 aliphatic heterocycles. The number of halogens is 1. The maximum absolute atomic E-state index is 5.77. The highest BCUT2D eigenvalue weighted by molar-refractivity contribution is 6.30. The van der Waals surface area contributed by atoms with Crippen molar-refractivity contribution in [1.29, 1.82) is 0 Å². The second-order valence-electron chi connectivity index (χ2n) is 3.80. The third-order valence-corrected chi connectivity index (χ3v) is 2.84. The highest BCUT2D eigenvalue weighted by Gasteiger charge is 2.15. The van der Waals surface area contributed by atoms with Crippen molar-refractivity contribution < 1.29 is 4.84 Å². The Hall–Kier alpha value is -1.02. The van der Waals surface area contributed by atoms with Crippen molar-refractivity contribution in [3.8, 4) is 0 Å². The average Bonchev–Trinajstić information content (AvgIpc) is 2.74. The van der Waals surface area contributed by atoms with Gasteiger partial charge >= 0.3 is 0 Å². The van der Waals surface area contributed by atoms with Crippen molar-refractivity contribution in [2.75, 3.05) is 0 Å². The summed E-state index contributed by atoms with van der Waals surface area (Å²) in [6, 6.07) is 7.53. The van der Waals surface area contributed by atoms with Gasteiger partial charge in [0.25, 0.3) is 0 Å². The summed E-state index contributed by atoms with van der Waals surface area (Å²) in [4.78, 5) is 5.37. The Morgan fingerprint density at radius 2 is 1.87 bits per heavy atom. The van der Waals surface area contributed by atoms with Gasteiger partial charge in [0, 0.05) is 5.02 Å². The molecule has 0 spiro atoms. The minimum atomic E-state index is 0.327. The fourth-order valence-electron chi connectivity index (χ4n) is 1.72. The van der Waals surface area contributed by atoms with E-state index in [1.165, 1.54) is 12.8 Å². The maximum atomic E-state index is 5.77. The molecule has 0 radical (unpaired) electrons. The van der Waals surface area contributed by atoms with Gasteiger partial charge in [-0.2, -0.15) is 0 Å². The fraction of sp³-hybridized carbons (Fsp3) is 0.417. The molecule has 2 rings (SSSR count). The normalized spacial score (nSPS) is 17.4. The van der Waals surface area contributed by atoms with E-state index in [1.807, 2.05) is 24.3 Å². The predicted molar refractivity (Wildman–Crippen MR) is 62.4 cm³/mol. The lowest BCUT2D eigenvalue weighted by Gasteiger charge is -2.04. The molecule has 0 saturated heterocycles. The van der Waals surface area contributed by atoms with Gasteiger partial charge < -0.3 is 4.84 Å². The summed E-state index contributed by atoms with van der Waals surface area (Å²) in [5.41, 5.74) is 1.01. The Balaban J connectivity index is 1.85. The van der Waals surface area contributed by atoms with Crippen LogP contribution in [0.1, 0.15) is 31.2 Å². The predicted octanol–water partition coefficient (Wildman–Crippen LogP) is 3.63. The maximum Gasteiger partial charge on any atom is 0.127 e. The standard InChI is InChI=1S/C12H14ClNO/c13-11-7-5-10(6-8-11)9-14-15-12-3-1-2-4-12/h5-9,12H,1-4H2. The third kappa shape index (κ3) is 3.24. The molecule has 0 unspecified atom stereocenters. The van der Waals surface area contributed by atoms with Crippen LogP contribution in [0.2, 0.25) is 5.02 Å². The monoisotopic (exact) mass is 223 g/mol. The number of hydrogen-bond donors (Lipinski definition) is 0. The lowest BCUT2D eigenvalue weighted by molar-refractivity contribution is 0.0657. The van der Waals surface area contributed by atoms with E-state index in [0.717, 1.165) is 23.4 Å². The second kappa shape index (κ2) is 5.17. The van der Waals surface area contributed by atoms with E-state index < -0.39 is 0 Å². The van der Waals surface area contributed by atoms with E-state index in [9.17, 15) is 0 Å². The molecule has 1 fully saturated rings. The van der Waals surface area contributed by atoms with Gasteiger partial charge in [-0.15, -0.1) is 0 Å². The first-order valence-corrected chi connectivity index (χ1v) is 5.67. The minimum absolute atomic E-state index is 0.327. The molecule has 1 aliphatic rings. The van der Waals surface area contributed by atoms with Crippen LogP contribution in [0.25, 0.3) is 0 Å². The Kier molecular flexibility index (Phi) is 3.62. The molecule has 0 N–H and O–H groups in total. The van der Waals surface area contributed by atoms with Gasteiger partial charge in [-0.3, -0.25) is 0 Å². The molecule has 1 saturated carbocycles. The van der Waals surface area contributed by atoms with Crippen LogP contribution in [0.5, 0.6) is 0 Å². The van der Waals surface area contributed by atoms with E-state index in [1.54, 1.807) is 6.21 Å². The summed E-state index contributed by atoms with van der Waals surface area (Å²) in [7, 11) is 0. The lowest BCUT2D eigenvalue weighted by atomic mass is 10.2. The molecular formula is C12H14ClNO. The minimum Gasteiger partial charge on any atom is -0.393 e. The van der Waals surface area contributed by atoms with E-state index in [4.69, 9.17) is 16.4 Å². The van der Waals surface area contributed by atoms with Gasteiger partial charge in [0.05, 0.1) is 6.21 Å². The van der Waals surface area contributed by atoms with Crippen molar-refractivity contribution in [2.45, 2.75) is 31.8 Å². The van der Waals surface area contributed by atoms with E-state index in [2.05, 4.69) is 5.16 Å². The summed E-state index contributed by atoms with van der Waals surface area (Å²) in [6.45, 7) is 0. The first-order chi connectivity index (χ1) is 7.34. The Labute approximate surface area is 94.9 Å². The van der Waals surface area contributed by atoms with Crippen molar-refractivity contribution in [3.63, 3.8) is 0 Å². The molecule has 1 aromatic rings. The van der Waals surface area contributed by atoms with Crippen LogP contribution in [0.3, 0.4) is 0 Å². The molecule has 1 aromatic carbocycles. The molecule has 0 aromatic heterocycles. The second-order valence-corrected chi connectivity index (χ2v) is 4.23. The SMILES string of the molecule is Clc1ccc(C=NOC2CCCC2)cc1. The first kappa shape index (κ1) is 10.5. The van der Waals surface area contributed by atoms with Gasteiger partial charge in [0.15, 0.2) is 0 Å². The molecule has 0 amide bonds. The van der Waals surface area contributed by atoms with Crippen LogP contribution in [0.4, 0.5) is 0 Å². The fourth-order valence-corrected chi connectivity index (χ4v) is 1.85. The third-order valence-electron chi connectivity index (χ3n) is 2.58. The molecular weight excluding hydrogens is 210 g/mol. The zero-order valence-corrected chi connectivity index (χ0v) is 9.28. The van der Waals surface area contributed by atoms with Crippen LogP contribution in [-0.4, -0.2) is 12.3 Å². The number of oxime groups is 1. The van der Waals surface area contributed by atoms with Gasteiger partial charge in [-0.1, -0.05) is 28.9 Å². The van der Waals surface area contributed by atoms with E-state index in [0.29, 0.717) is 6.10 Å². The Morgan fingerprint density at radius 1 is 1.20 bits per heavy atom. The molecule has 80 valence electrons. The zero-order chi connectivity index (χ0) is 10.5. The number of nitrogens with zero attached hydrogens (tertiary/aromatic N) is 1. The molecule has 0 atom stereocenters. The Bertz CT molecular complexity index is 328. The van der Waals surface area contributed by atoms with Crippen LogP contribution in [0, 0.1) is 0 Å². The first-order valence-electron chi connectivity index (χ1n) is 5.29. The summed E-state index contributed by atoms with van der Waals surface area (Å²) in [5, 5.41) is 4.72. The van der Waals surface area contributed by atoms with Crippen LogP contribution in [-0.2, 0) is 4.84 Å². The van der Waals surface area contributed by atoms with Gasteiger partial charge in [-0.05, 0) is 43.4 Å². The van der Waals surface area contributed by atoms with Crippen molar-refractivity contribution in [3.05, 3.63) is 34.9 Å². The van der Waals surface area contributed by atoms with Crippen LogP contribution >= 0.6 is 11.6 Å². The quantitative estimate of drug-likeness (QED) is 0.567. The number of benzene rings is 1. The van der Waals surface area contributed by atoms with Gasteiger partial charge in [0.1, 0.15) is 6.10 Å². The molecule has 0 bridgehead atoms. The van der Waals surface area contributed by atoms with E-state index >= 15 is 0 Å². The lowest BCUT2D eigenvalue weighted by Crippen LogP contribution is -2.02. The summed E-state index contributed by atoms with van der Waals surface area (Å²) in [5.74, 6) is 0. The van der Waals surface area contributed by atoms with Crippen molar-refractivity contribution >= 4 is 17.8 Å². The van der Waals surface area contributed by atoms with Gasteiger partial charge in [0.2, 0.25) is 0 Å². The summed E-state index contributed by atoms with van der Waals surface area (Å²) >= 11 is 5.77. The number of hydrogen-bond acceptors (Lipinski definition) is 2. The average molecular weight is 224 g/mol. The molecule has 2 nitrogen and oxygen atoms in total. The van der Waals surface area contributed by atoms with Crippen molar-refractivity contribution in [1.82, 2.24) is 0 Å². The van der Waals surface area contributed by atoms with Gasteiger partial charge in [-0.25, -0.2) is 0 Å². The summed E-state index contributed by atoms with van der Waals surface area (Å²) < 4.78 is 0. The molecule has 15 heavy (non-hydrogen) atoms. The van der Waals surface area contributed by atoms with Crippen LogP contribution < -0.4 is 0 Å². The zero-order valence-electron chi connectivity index (χ0n) is 8.53. The molecule has 3 heteroatoms. The molecule has 1 aliphatic carbocycles. The topological polar surface area (TPSA) is 21.6 Å². The number of rotatable bonds is 3. The Morgan fingerprint density at radius 3 is 2.53 bits per heavy atom. The largest absolute Gasteiger partial charge is 0.393 e. The van der Waals surface area contributed by atoms with Crippen LogP contribution in [0.15, 0.2) is 29.4 Å². The van der Waals surface area contributed by atoms with Crippen molar-refractivity contribution in [2.24, 2.45) is 5.16 Å². The molecule has 0 heterocycles. The summed E-state index contributed by atoms with van der Waals surface area (Å²) in [6.07, 6.45) is 6.86. The highest BCUT2D eigenvalue weighted by atomic mass is 35.5. The van der Waals surface area contributed by atoms with E-state index in [-0.39, 0.29) is 0 Å². The highest BCUT2D eigenvalue weighted by Crippen LogP contribution is 2.20. The smallest absolute Gasteiger partial charge is 0.127 e.